The smallest absolute Gasteiger partial charge is 0.475 e. The molecule has 0 radical (unpaired) electrons. The van der Waals surface area contributed by atoms with Crippen LogP contribution in [0.15, 0.2) is 53.3 Å². The molecule has 11 nitrogen and oxygen atoms in total. The van der Waals surface area contributed by atoms with Crippen LogP contribution in [0.25, 0.3) is 17.1 Å². The molecule has 4 aromatic rings. The first kappa shape index (κ1) is 33.2. The number of nitrogens with two attached hydrogens (primary N) is 1. The highest BCUT2D eigenvalue weighted by Crippen LogP contribution is 2.24. The quantitative estimate of drug-likeness (QED) is 0.259. The Balaban J connectivity index is 0.000000646. The molecule has 2 heterocycles. The Labute approximate surface area is 241 Å². The summed E-state index contributed by atoms with van der Waals surface area (Å²) in [4.78, 5) is 26.3. The van der Waals surface area contributed by atoms with Crippen LogP contribution < -0.4 is 11.4 Å². The highest BCUT2D eigenvalue weighted by atomic mass is 35.5. The predicted molar refractivity (Wildman–Crippen MR) is 136 cm³/mol. The van der Waals surface area contributed by atoms with E-state index < -0.39 is 48.5 Å². The molecule has 232 valence electrons. The molecule has 2 aromatic heterocycles. The van der Waals surface area contributed by atoms with Gasteiger partial charge in [-0.25, -0.2) is 28.3 Å². The first-order valence-corrected chi connectivity index (χ1v) is 12.2. The Morgan fingerprint density at radius 3 is 2.19 bits per heavy atom. The first-order chi connectivity index (χ1) is 19.9. The second-order valence-electron chi connectivity index (χ2n) is 8.81. The third-order valence-corrected chi connectivity index (χ3v) is 5.68. The van der Waals surface area contributed by atoms with E-state index in [1.807, 2.05) is 0 Å². The number of aromatic nitrogens is 6. The standard InChI is InChI=1S/C22H20ClF4N7O2.C2HF3O2/c1-12(28)19-29-18(30-34(19)16-4-2-3-15(24)9-16)11-33-21(36)32(10-17(35)22(25,26)27)20(31-33)13-5-7-14(23)8-6-13;3-2(4,5)1(6)7/h2-9,12,17,35H,10-11,28H2,1H3;(H,6,7). The summed E-state index contributed by atoms with van der Waals surface area (Å²) in [5.41, 5.74) is 5.71. The number of nitrogens with zero attached hydrogens (tertiary/aromatic N) is 6. The first-order valence-electron chi connectivity index (χ1n) is 11.8. The minimum atomic E-state index is -5.08. The van der Waals surface area contributed by atoms with Crippen LogP contribution in [0.2, 0.25) is 5.02 Å². The second-order valence-corrected chi connectivity index (χ2v) is 9.24. The van der Waals surface area contributed by atoms with Crippen molar-refractivity contribution in [2.45, 2.75) is 44.5 Å². The number of halogens is 8. The van der Waals surface area contributed by atoms with Gasteiger partial charge in [-0.1, -0.05) is 17.7 Å². The molecule has 0 aliphatic heterocycles. The Morgan fingerprint density at radius 2 is 1.67 bits per heavy atom. The molecule has 4 rings (SSSR count). The molecule has 4 N–H and O–H groups in total. The van der Waals surface area contributed by atoms with Gasteiger partial charge in [0.05, 0.1) is 18.3 Å². The van der Waals surface area contributed by atoms with Crippen molar-refractivity contribution in [1.82, 2.24) is 29.1 Å². The lowest BCUT2D eigenvalue weighted by atomic mass is 10.2. The Morgan fingerprint density at radius 1 is 1.07 bits per heavy atom. The van der Waals surface area contributed by atoms with Crippen LogP contribution in [-0.2, 0) is 17.9 Å². The number of alkyl halides is 6. The summed E-state index contributed by atoms with van der Waals surface area (Å²) < 4.78 is 87.6. The third-order valence-electron chi connectivity index (χ3n) is 5.43. The normalized spacial score (nSPS) is 13.3. The molecule has 0 amide bonds. The van der Waals surface area contributed by atoms with Gasteiger partial charge in [-0.3, -0.25) is 4.57 Å². The molecular formula is C24H21ClF7N7O4. The van der Waals surface area contributed by atoms with Gasteiger partial charge < -0.3 is 15.9 Å². The molecule has 2 aromatic carbocycles. The van der Waals surface area contributed by atoms with E-state index in [2.05, 4.69) is 15.2 Å². The third kappa shape index (κ3) is 8.39. The average molecular weight is 640 g/mol. The number of hydrogen-bond acceptors (Lipinski definition) is 7. The number of hydrogen-bond donors (Lipinski definition) is 3. The monoisotopic (exact) mass is 639 g/mol. The lowest BCUT2D eigenvalue weighted by Crippen LogP contribution is -2.37. The van der Waals surface area contributed by atoms with Crippen molar-refractivity contribution < 1.29 is 45.7 Å². The van der Waals surface area contributed by atoms with Crippen molar-refractivity contribution in [3.8, 4) is 17.1 Å². The molecule has 0 fully saturated rings. The van der Waals surface area contributed by atoms with Gasteiger partial charge in [0.2, 0.25) is 0 Å². The van der Waals surface area contributed by atoms with Gasteiger partial charge in [-0.15, -0.1) is 10.2 Å². The van der Waals surface area contributed by atoms with Crippen LogP contribution in [0.1, 0.15) is 24.6 Å². The van der Waals surface area contributed by atoms with Crippen molar-refractivity contribution in [2.24, 2.45) is 5.73 Å². The molecular weight excluding hydrogens is 619 g/mol. The summed E-state index contributed by atoms with van der Waals surface area (Å²) in [6.45, 7) is 0.245. The summed E-state index contributed by atoms with van der Waals surface area (Å²) in [5.74, 6) is -3.04. The van der Waals surface area contributed by atoms with E-state index in [0.29, 0.717) is 16.3 Å². The summed E-state index contributed by atoms with van der Waals surface area (Å²) >= 11 is 5.89. The minimum Gasteiger partial charge on any atom is -0.475 e. The van der Waals surface area contributed by atoms with Gasteiger partial charge in [-0.2, -0.15) is 26.3 Å². The summed E-state index contributed by atoms with van der Waals surface area (Å²) in [5, 5.41) is 25.6. The zero-order valence-electron chi connectivity index (χ0n) is 21.7. The maximum Gasteiger partial charge on any atom is 0.490 e. The topological polar surface area (TPSA) is 154 Å². The molecule has 0 spiro atoms. The molecule has 43 heavy (non-hydrogen) atoms. The van der Waals surface area contributed by atoms with Gasteiger partial charge in [0.15, 0.2) is 17.8 Å². The van der Waals surface area contributed by atoms with Crippen molar-refractivity contribution in [3.63, 3.8) is 0 Å². The summed E-state index contributed by atoms with van der Waals surface area (Å²) in [6, 6.07) is 10.9. The van der Waals surface area contributed by atoms with Gasteiger partial charge >= 0.3 is 24.0 Å². The van der Waals surface area contributed by atoms with Gasteiger partial charge in [0, 0.05) is 10.6 Å². The highest BCUT2D eigenvalue weighted by molar-refractivity contribution is 6.30. The number of rotatable bonds is 7. The fourth-order valence-electron chi connectivity index (χ4n) is 3.46. The summed E-state index contributed by atoms with van der Waals surface area (Å²) in [7, 11) is 0. The average Bonchev–Trinajstić information content (AvgIpc) is 3.46. The van der Waals surface area contributed by atoms with Gasteiger partial charge in [0.1, 0.15) is 18.2 Å². The number of aliphatic hydroxyl groups excluding tert-OH is 1. The number of carboxylic acids is 1. The number of benzene rings is 2. The van der Waals surface area contributed by atoms with E-state index in [1.165, 1.54) is 47.1 Å². The molecule has 0 saturated carbocycles. The molecule has 19 heteroatoms. The molecule has 2 unspecified atom stereocenters. The fourth-order valence-corrected chi connectivity index (χ4v) is 3.59. The number of carbonyl (C=O) groups is 1. The SMILES string of the molecule is CC(N)c1nc(Cn2nc(-c3ccc(Cl)cc3)n(CC(O)C(F)(F)F)c2=O)nn1-c1cccc(F)c1.O=C(O)C(F)(F)F. The Hall–Kier alpha value is -4.29. The molecule has 0 bridgehead atoms. The van der Waals surface area contributed by atoms with Crippen LogP contribution in [0.4, 0.5) is 30.7 Å². The molecule has 0 saturated heterocycles. The maximum atomic E-state index is 13.8. The van der Waals surface area contributed by atoms with Crippen LogP contribution in [-0.4, -0.2) is 63.8 Å². The number of aliphatic hydroxyl groups is 1. The summed E-state index contributed by atoms with van der Waals surface area (Å²) in [6.07, 6.45) is -12.8. The van der Waals surface area contributed by atoms with Gasteiger partial charge in [0.25, 0.3) is 0 Å². The molecule has 0 aliphatic rings. The Kier molecular flexibility index (Phi) is 9.98. The lowest BCUT2D eigenvalue weighted by molar-refractivity contribution is -0.207. The lowest BCUT2D eigenvalue weighted by Gasteiger charge is -2.15. The van der Waals surface area contributed by atoms with Crippen molar-refractivity contribution in [2.75, 3.05) is 0 Å². The fraction of sp³-hybridized carbons (Fsp3) is 0.292. The van der Waals surface area contributed by atoms with E-state index in [-0.39, 0.29) is 24.0 Å². The number of aliphatic carboxylic acids is 1. The largest absolute Gasteiger partial charge is 0.490 e. The molecule has 0 aliphatic carbocycles. The van der Waals surface area contributed by atoms with Crippen LogP contribution >= 0.6 is 11.6 Å². The van der Waals surface area contributed by atoms with Crippen LogP contribution in [0, 0.1) is 5.82 Å². The van der Waals surface area contributed by atoms with Crippen LogP contribution in [0.5, 0.6) is 0 Å². The maximum absolute atomic E-state index is 13.8. The Bertz CT molecular complexity index is 1630. The van der Waals surface area contributed by atoms with E-state index in [9.17, 15) is 40.6 Å². The zero-order chi connectivity index (χ0) is 32.3. The minimum absolute atomic E-state index is 0.0670. The van der Waals surface area contributed by atoms with Crippen molar-refractivity contribution in [1.29, 1.82) is 0 Å². The van der Waals surface area contributed by atoms with Crippen molar-refractivity contribution >= 4 is 17.6 Å². The number of carboxylic acid groups (broad SMARTS) is 1. The van der Waals surface area contributed by atoms with Crippen LogP contribution in [0.3, 0.4) is 0 Å². The van der Waals surface area contributed by atoms with E-state index >= 15 is 0 Å². The van der Waals surface area contributed by atoms with E-state index in [4.69, 9.17) is 27.2 Å². The highest BCUT2D eigenvalue weighted by Gasteiger charge is 2.39. The molecule has 2 atom stereocenters. The predicted octanol–water partition coefficient (Wildman–Crippen LogP) is 3.71. The zero-order valence-corrected chi connectivity index (χ0v) is 22.4. The van der Waals surface area contributed by atoms with Gasteiger partial charge in [-0.05, 0) is 49.4 Å². The van der Waals surface area contributed by atoms with E-state index in [1.54, 1.807) is 13.0 Å². The second kappa shape index (κ2) is 12.9. The van der Waals surface area contributed by atoms with E-state index in [0.717, 1.165) is 9.25 Å². The van der Waals surface area contributed by atoms with Crippen molar-refractivity contribution in [3.05, 3.63) is 81.5 Å².